The summed E-state index contributed by atoms with van der Waals surface area (Å²) in [5, 5.41) is 0. The topological polar surface area (TPSA) is 97.0 Å². The smallest absolute Gasteiger partial charge is 0.178 e. The van der Waals surface area contributed by atoms with Crippen molar-refractivity contribution in [3.63, 3.8) is 0 Å². The molecule has 6 rings (SSSR count). The van der Waals surface area contributed by atoms with Gasteiger partial charge in [-0.1, -0.05) is 12.1 Å². The van der Waals surface area contributed by atoms with Crippen molar-refractivity contribution in [1.29, 1.82) is 0 Å². The Kier molecular flexibility index (Phi) is 6.60. The molecule has 0 saturated carbocycles. The molecular weight excluding hydrogens is 504 g/mol. The van der Waals surface area contributed by atoms with Gasteiger partial charge in [0.15, 0.2) is 17.1 Å². The number of benzene rings is 2. The quantitative estimate of drug-likeness (QED) is 0.242. The Balaban J connectivity index is 1.35. The lowest BCUT2D eigenvalue weighted by Gasteiger charge is -2.09. The van der Waals surface area contributed by atoms with E-state index in [1.54, 1.807) is 38.8 Å². The third-order valence-electron chi connectivity index (χ3n) is 6.33. The van der Waals surface area contributed by atoms with Crippen LogP contribution in [0.5, 0.6) is 11.5 Å². The van der Waals surface area contributed by atoms with Crippen LogP contribution in [0, 0.1) is 0 Å². The van der Waals surface area contributed by atoms with E-state index in [4.69, 9.17) is 9.47 Å². The van der Waals surface area contributed by atoms with E-state index in [0.29, 0.717) is 34.4 Å². The number of methoxy groups -OCH3 is 2. The number of ether oxygens (including phenoxy) is 2. The van der Waals surface area contributed by atoms with Crippen LogP contribution in [-0.2, 0) is 4.79 Å². The highest BCUT2D eigenvalue weighted by Gasteiger charge is 2.14. The Bertz CT molecular complexity index is 1780. The van der Waals surface area contributed by atoms with Crippen molar-refractivity contribution in [3.8, 4) is 22.9 Å². The second-order valence-electron chi connectivity index (χ2n) is 8.78. The second kappa shape index (κ2) is 10.7. The Morgan fingerprint density at radius 3 is 1.60 bits per heavy atom. The summed E-state index contributed by atoms with van der Waals surface area (Å²) in [6.45, 7) is 0. The van der Waals surface area contributed by atoms with Gasteiger partial charge < -0.3 is 9.47 Å². The van der Waals surface area contributed by atoms with Gasteiger partial charge in [0.25, 0.3) is 0 Å². The average Bonchev–Trinajstić information content (AvgIpc) is 3.57. The number of nitrogens with zero attached hydrogens (tertiary/aromatic N) is 6. The minimum atomic E-state index is -0.227. The molecule has 0 spiro atoms. The standard InChI is InChI=1S/C31H24N6O3/c1-39-24-9-3-7-21(19-24)36-26-11-5-17-32-30(26)34-28(36)15-13-23(38)14-16-29-35-31-27(12-6-18-33-31)37(29)22-8-4-10-25(20-22)40-2/h3-20H,1-2H3/b15-13+,16-14+. The van der Waals surface area contributed by atoms with Crippen molar-refractivity contribution < 1.29 is 14.3 Å². The monoisotopic (exact) mass is 528 g/mol. The van der Waals surface area contributed by atoms with E-state index >= 15 is 0 Å². The molecule has 0 aliphatic rings. The van der Waals surface area contributed by atoms with Gasteiger partial charge >= 0.3 is 0 Å². The SMILES string of the molecule is COc1cccc(-n2c(/C=C/C(=O)/C=C/c3nc4ncccc4n3-c3cccc(OC)c3)nc3ncccc32)c1. The maximum atomic E-state index is 13.0. The van der Waals surface area contributed by atoms with E-state index in [-0.39, 0.29) is 5.78 Å². The summed E-state index contributed by atoms with van der Waals surface area (Å²) in [7, 11) is 3.24. The van der Waals surface area contributed by atoms with Gasteiger partial charge in [0.05, 0.1) is 36.6 Å². The first-order valence-electron chi connectivity index (χ1n) is 12.5. The Labute approximate surface area is 229 Å². The van der Waals surface area contributed by atoms with Crippen molar-refractivity contribution >= 4 is 40.3 Å². The molecule has 0 unspecified atom stereocenters. The summed E-state index contributed by atoms with van der Waals surface area (Å²) >= 11 is 0. The number of pyridine rings is 2. The fourth-order valence-corrected chi connectivity index (χ4v) is 4.50. The largest absolute Gasteiger partial charge is 0.497 e. The molecule has 9 heteroatoms. The van der Waals surface area contributed by atoms with Crippen LogP contribution in [0.1, 0.15) is 11.6 Å². The Morgan fingerprint density at radius 2 is 1.15 bits per heavy atom. The number of allylic oxidation sites excluding steroid dienone is 2. The van der Waals surface area contributed by atoms with Crippen LogP contribution in [-0.4, -0.2) is 49.1 Å². The Hall–Kier alpha value is -5.57. The number of imidazole rings is 2. The average molecular weight is 529 g/mol. The normalized spacial score (nSPS) is 11.7. The van der Waals surface area contributed by atoms with Crippen molar-refractivity contribution in [2.24, 2.45) is 0 Å². The lowest BCUT2D eigenvalue weighted by Crippen LogP contribution is -1.99. The summed E-state index contributed by atoms with van der Waals surface area (Å²) in [5.41, 5.74) is 4.48. The summed E-state index contributed by atoms with van der Waals surface area (Å²) in [6, 6.07) is 22.8. The minimum absolute atomic E-state index is 0.227. The van der Waals surface area contributed by atoms with Crippen LogP contribution in [0.25, 0.3) is 45.9 Å². The van der Waals surface area contributed by atoms with Gasteiger partial charge in [-0.3, -0.25) is 13.9 Å². The number of hydrogen-bond acceptors (Lipinski definition) is 7. The first-order valence-corrected chi connectivity index (χ1v) is 12.5. The zero-order valence-electron chi connectivity index (χ0n) is 21.8. The van der Waals surface area contributed by atoms with E-state index in [1.807, 2.05) is 81.9 Å². The first kappa shape index (κ1) is 24.7. The predicted octanol–water partition coefficient (Wildman–Crippen LogP) is 5.47. The van der Waals surface area contributed by atoms with Gasteiger partial charge in [-0.15, -0.1) is 0 Å². The van der Waals surface area contributed by atoms with Crippen LogP contribution in [0.4, 0.5) is 0 Å². The third-order valence-corrected chi connectivity index (χ3v) is 6.33. The summed E-state index contributed by atoms with van der Waals surface area (Å²) in [5.74, 6) is 2.33. The van der Waals surface area contributed by atoms with Crippen LogP contribution in [0.2, 0.25) is 0 Å². The molecule has 6 aromatic rings. The fraction of sp³-hybridized carbons (Fsp3) is 0.0645. The summed E-state index contributed by atoms with van der Waals surface area (Å²) < 4.78 is 14.7. The Morgan fingerprint density at radius 1 is 0.675 bits per heavy atom. The molecule has 0 N–H and O–H groups in total. The van der Waals surface area contributed by atoms with Crippen LogP contribution >= 0.6 is 0 Å². The molecule has 9 nitrogen and oxygen atoms in total. The molecule has 0 aliphatic heterocycles. The van der Waals surface area contributed by atoms with Gasteiger partial charge in [-0.05, 0) is 72.8 Å². The highest BCUT2D eigenvalue weighted by molar-refractivity contribution is 6.04. The van der Waals surface area contributed by atoms with Gasteiger partial charge in [-0.2, -0.15) is 0 Å². The molecule has 0 atom stereocenters. The first-order chi connectivity index (χ1) is 19.6. The van der Waals surface area contributed by atoms with Crippen LogP contribution in [0.3, 0.4) is 0 Å². The molecule has 196 valence electrons. The number of hydrogen-bond donors (Lipinski definition) is 0. The lowest BCUT2D eigenvalue weighted by molar-refractivity contribution is -0.110. The molecule has 0 saturated heterocycles. The molecule has 0 amide bonds. The van der Waals surface area contributed by atoms with Gasteiger partial charge in [0, 0.05) is 24.5 Å². The van der Waals surface area contributed by atoms with Crippen LogP contribution in [0.15, 0.2) is 97.3 Å². The van der Waals surface area contributed by atoms with E-state index in [9.17, 15) is 4.79 Å². The maximum absolute atomic E-state index is 13.0. The molecule has 2 aromatic carbocycles. The van der Waals surface area contributed by atoms with Crippen LogP contribution < -0.4 is 9.47 Å². The zero-order valence-corrected chi connectivity index (χ0v) is 21.8. The predicted molar refractivity (Wildman–Crippen MR) is 154 cm³/mol. The molecule has 0 aliphatic carbocycles. The van der Waals surface area contributed by atoms with E-state index in [2.05, 4.69) is 19.9 Å². The highest BCUT2D eigenvalue weighted by Crippen LogP contribution is 2.25. The van der Waals surface area contributed by atoms with Crippen molar-refractivity contribution in [2.75, 3.05) is 14.2 Å². The molecule has 0 radical (unpaired) electrons. The lowest BCUT2D eigenvalue weighted by atomic mass is 10.2. The van der Waals surface area contributed by atoms with Crippen molar-refractivity contribution in [3.05, 3.63) is 109 Å². The third kappa shape index (κ3) is 4.71. The number of carbonyl (C=O) groups is 1. The summed E-state index contributed by atoms with van der Waals surface area (Å²) in [6.07, 6.45) is 9.70. The number of rotatable bonds is 8. The van der Waals surface area contributed by atoms with Gasteiger partial charge in [0.1, 0.15) is 23.1 Å². The summed E-state index contributed by atoms with van der Waals surface area (Å²) in [4.78, 5) is 31.1. The number of aromatic nitrogens is 6. The van der Waals surface area contributed by atoms with E-state index in [1.165, 1.54) is 12.2 Å². The minimum Gasteiger partial charge on any atom is -0.497 e. The van der Waals surface area contributed by atoms with Crippen molar-refractivity contribution in [1.82, 2.24) is 29.1 Å². The van der Waals surface area contributed by atoms with Gasteiger partial charge in [-0.25, -0.2) is 19.9 Å². The van der Waals surface area contributed by atoms with Gasteiger partial charge in [0.2, 0.25) is 0 Å². The van der Waals surface area contributed by atoms with E-state index in [0.717, 1.165) is 22.4 Å². The zero-order chi connectivity index (χ0) is 27.5. The number of ketones is 1. The molecule has 4 aromatic heterocycles. The molecule has 0 fully saturated rings. The number of fused-ring (bicyclic) bond motifs is 2. The van der Waals surface area contributed by atoms with E-state index < -0.39 is 0 Å². The van der Waals surface area contributed by atoms with Crippen molar-refractivity contribution in [2.45, 2.75) is 0 Å². The maximum Gasteiger partial charge on any atom is 0.178 e. The molecule has 0 bridgehead atoms. The fourth-order valence-electron chi connectivity index (χ4n) is 4.50. The molecule has 4 heterocycles. The second-order valence-corrected chi connectivity index (χ2v) is 8.78. The number of carbonyl (C=O) groups excluding carboxylic acids is 1. The molecule has 40 heavy (non-hydrogen) atoms. The molecular formula is C31H24N6O3. The highest BCUT2D eigenvalue weighted by atomic mass is 16.5.